The number of nitrogens with one attached hydrogen (secondary N) is 1. The molecule has 0 amide bonds. The smallest absolute Gasteiger partial charge is 0.405 e. The predicted molar refractivity (Wildman–Crippen MR) is 87.3 cm³/mol. The van der Waals surface area contributed by atoms with Gasteiger partial charge in [0.05, 0.1) is 0 Å². The first kappa shape index (κ1) is 22.4. The maximum atomic E-state index is 14.4. The number of benzene rings is 1. The Bertz CT molecular complexity index is 571. The molecule has 0 bridgehead atoms. The summed E-state index contributed by atoms with van der Waals surface area (Å²) in [5.41, 5.74) is -0.331. The quantitative estimate of drug-likeness (QED) is 0.669. The van der Waals surface area contributed by atoms with Crippen molar-refractivity contribution in [3.63, 3.8) is 0 Å². The largest absolute Gasteiger partial charge is 0.573 e. The molecule has 0 aliphatic carbocycles. The fourth-order valence-corrected chi connectivity index (χ4v) is 3.05. The Labute approximate surface area is 155 Å². The van der Waals surface area contributed by atoms with E-state index in [2.05, 4.69) is 26.0 Å². The van der Waals surface area contributed by atoms with Gasteiger partial charge in [0.15, 0.2) is 0 Å². The molecule has 1 aromatic carbocycles. The summed E-state index contributed by atoms with van der Waals surface area (Å²) in [6.45, 7) is -0.237. The second-order valence-corrected chi connectivity index (χ2v) is 6.25. The summed E-state index contributed by atoms with van der Waals surface area (Å²) in [5, 5.41) is 12.1. The average Bonchev–Trinajstić information content (AvgIpc) is 2.50. The monoisotopic (exact) mass is 454 g/mol. The molecule has 1 aliphatic rings. The molecule has 1 aliphatic heterocycles. The molecule has 25 heavy (non-hydrogen) atoms. The summed E-state index contributed by atoms with van der Waals surface area (Å²) in [4.78, 5) is 1.34. The van der Waals surface area contributed by atoms with Crippen LogP contribution in [0.5, 0.6) is 5.75 Å². The number of hydrogen-bond acceptors (Lipinski definition) is 4. The van der Waals surface area contributed by atoms with Crippen LogP contribution in [0.25, 0.3) is 0 Å². The van der Waals surface area contributed by atoms with E-state index < -0.39 is 30.7 Å². The fraction of sp³-hybridized carbons (Fsp3) is 0.571. The molecule has 1 aromatic rings. The molecule has 0 unspecified atom stereocenters. The van der Waals surface area contributed by atoms with Gasteiger partial charge in [-0.1, -0.05) is 15.9 Å². The van der Waals surface area contributed by atoms with E-state index in [1.807, 2.05) is 0 Å². The van der Waals surface area contributed by atoms with Crippen LogP contribution in [0.15, 0.2) is 22.7 Å². The Morgan fingerprint density at radius 1 is 1.20 bits per heavy atom. The molecular weight excluding hydrogens is 439 g/mol. The van der Waals surface area contributed by atoms with Crippen LogP contribution in [0.2, 0.25) is 0 Å². The molecule has 1 heterocycles. The van der Waals surface area contributed by atoms with Crippen LogP contribution in [-0.2, 0) is 0 Å². The summed E-state index contributed by atoms with van der Waals surface area (Å²) in [6, 6.07) is 1.68. The minimum Gasteiger partial charge on any atom is -0.405 e. The molecule has 0 radical (unpaired) electrons. The first-order valence-electron chi connectivity index (χ1n) is 7.13. The summed E-state index contributed by atoms with van der Waals surface area (Å²) in [7, 11) is 0. The Morgan fingerprint density at radius 2 is 1.80 bits per heavy atom. The molecular formula is C14H17BrClF5N2O2. The molecule has 1 atom stereocenters. The van der Waals surface area contributed by atoms with Crippen LogP contribution >= 0.6 is 28.3 Å². The van der Waals surface area contributed by atoms with Crippen molar-refractivity contribution in [1.82, 2.24) is 10.2 Å². The van der Waals surface area contributed by atoms with Gasteiger partial charge in [-0.2, -0.15) is 0 Å². The van der Waals surface area contributed by atoms with Gasteiger partial charge in [-0.05, 0) is 18.2 Å². The van der Waals surface area contributed by atoms with Crippen molar-refractivity contribution in [1.29, 1.82) is 0 Å². The number of nitrogens with zero attached hydrogens (tertiary/aromatic N) is 1. The summed E-state index contributed by atoms with van der Waals surface area (Å²) in [6.07, 6.45) is -5.01. The lowest BCUT2D eigenvalue weighted by Crippen LogP contribution is -2.51. The number of halogens is 7. The standard InChI is InChI=1S/C14H16BrF5N2O2.ClH/c15-9-1-2-11(24-14(18,19)20)10(7-9)12(13(16,17)8-23)22-5-3-21-4-6-22;/h1-2,7,12,21,23H,3-6,8H2;1H/t12-;/m0./s1. The molecule has 2 rings (SSSR count). The minimum atomic E-state index is -5.01. The Morgan fingerprint density at radius 3 is 2.32 bits per heavy atom. The number of rotatable bonds is 5. The number of aliphatic hydroxyl groups excluding tert-OH is 1. The highest BCUT2D eigenvalue weighted by molar-refractivity contribution is 9.10. The third-order valence-electron chi connectivity index (χ3n) is 3.62. The third kappa shape index (κ3) is 5.92. The lowest BCUT2D eigenvalue weighted by molar-refractivity contribution is -0.275. The molecule has 0 saturated carbocycles. The number of hydrogen-bond donors (Lipinski definition) is 2. The maximum Gasteiger partial charge on any atom is 0.573 e. The van der Waals surface area contributed by atoms with E-state index in [0.29, 0.717) is 17.6 Å². The summed E-state index contributed by atoms with van der Waals surface area (Å²) >= 11 is 3.08. The zero-order valence-electron chi connectivity index (χ0n) is 12.8. The van der Waals surface area contributed by atoms with Crippen molar-refractivity contribution in [2.45, 2.75) is 18.3 Å². The van der Waals surface area contributed by atoms with E-state index in [9.17, 15) is 22.0 Å². The van der Waals surface area contributed by atoms with Crippen LogP contribution in [0.1, 0.15) is 11.6 Å². The Kier molecular flexibility index (Phi) is 7.88. The van der Waals surface area contributed by atoms with Crippen molar-refractivity contribution in [2.75, 3.05) is 32.8 Å². The van der Waals surface area contributed by atoms with Gasteiger partial charge in [0, 0.05) is 36.2 Å². The molecule has 1 fully saturated rings. The second-order valence-electron chi connectivity index (χ2n) is 5.34. The van der Waals surface area contributed by atoms with Gasteiger partial charge in [-0.3, -0.25) is 4.90 Å². The van der Waals surface area contributed by atoms with E-state index in [-0.39, 0.29) is 31.1 Å². The average molecular weight is 456 g/mol. The van der Waals surface area contributed by atoms with Gasteiger partial charge < -0.3 is 15.2 Å². The van der Waals surface area contributed by atoms with E-state index in [0.717, 1.165) is 12.1 Å². The van der Waals surface area contributed by atoms with Crippen molar-refractivity contribution < 1.29 is 31.8 Å². The second kappa shape index (κ2) is 8.81. The number of alkyl halides is 5. The van der Waals surface area contributed by atoms with Crippen molar-refractivity contribution >= 4 is 28.3 Å². The fourth-order valence-electron chi connectivity index (χ4n) is 2.67. The van der Waals surface area contributed by atoms with Gasteiger partial charge in [0.25, 0.3) is 5.92 Å². The molecule has 4 nitrogen and oxygen atoms in total. The van der Waals surface area contributed by atoms with E-state index >= 15 is 0 Å². The van der Waals surface area contributed by atoms with Gasteiger partial charge in [-0.25, -0.2) is 8.78 Å². The third-order valence-corrected chi connectivity index (χ3v) is 4.11. The predicted octanol–water partition coefficient (Wildman–Crippen LogP) is 3.34. The number of aliphatic hydroxyl groups is 1. The lowest BCUT2D eigenvalue weighted by atomic mass is 9.97. The SMILES string of the molecule is Cl.OCC(F)(F)[C@H](c1cc(Br)ccc1OC(F)(F)F)N1CCNCC1. The topological polar surface area (TPSA) is 44.7 Å². The van der Waals surface area contributed by atoms with Crippen molar-refractivity contribution in [2.24, 2.45) is 0 Å². The van der Waals surface area contributed by atoms with Gasteiger partial charge >= 0.3 is 6.36 Å². The van der Waals surface area contributed by atoms with Crippen LogP contribution in [0.3, 0.4) is 0 Å². The molecule has 0 aromatic heterocycles. The van der Waals surface area contributed by atoms with E-state index in [1.165, 1.54) is 11.0 Å². The Balaban J connectivity index is 0.00000312. The number of ether oxygens (including phenoxy) is 1. The van der Waals surface area contributed by atoms with Crippen LogP contribution in [0, 0.1) is 0 Å². The van der Waals surface area contributed by atoms with E-state index in [1.54, 1.807) is 0 Å². The van der Waals surface area contributed by atoms with Crippen LogP contribution < -0.4 is 10.1 Å². The molecule has 0 spiro atoms. The zero-order chi connectivity index (χ0) is 18.0. The summed E-state index contributed by atoms with van der Waals surface area (Å²) < 4.78 is 70.8. The maximum absolute atomic E-state index is 14.4. The Hall–Kier alpha value is -0.680. The van der Waals surface area contributed by atoms with E-state index in [4.69, 9.17) is 5.11 Å². The highest BCUT2D eigenvalue weighted by Gasteiger charge is 2.46. The molecule has 1 saturated heterocycles. The van der Waals surface area contributed by atoms with Crippen LogP contribution in [-0.4, -0.2) is 55.1 Å². The lowest BCUT2D eigenvalue weighted by Gasteiger charge is -2.39. The van der Waals surface area contributed by atoms with Crippen LogP contribution in [0.4, 0.5) is 22.0 Å². The molecule has 11 heteroatoms. The summed E-state index contributed by atoms with van der Waals surface area (Å²) in [5.74, 6) is -4.34. The highest BCUT2D eigenvalue weighted by atomic mass is 79.9. The van der Waals surface area contributed by atoms with Crippen molar-refractivity contribution in [3.05, 3.63) is 28.2 Å². The van der Waals surface area contributed by atoms with Gasteiger partial charge in [0.2, 0.25) is 0 Å². The first-order valence-corrected chi connectivity index (χ1v) is 7.92. The van der Waals surface area contributed by atoms with Crippen molar-refractivity contribution in [3.8, 4) is 5.75 Å². The molecule has 144 valence electrons. The zero-order valence-corrected chi connectivity index (χ0v) is 15.2. The van der Waals surface area contributed by atoms with Gasteiger partial charge in [-0.15, -0.1) is 25.6 Å². The normalized spacial score (nSPS) is 17.7. The van der Waals surface area contributed by atoms with Gasteiger partial charge in [0.1, 0.15) is 18.4 Å². The molecule has 2 N–H and O–H groups in total. The highest BCUT2D eigenvalue weighted by Crippen LogP contribution is 2.42. The first-order chi connectivity index (χ1) is 11.1. The minimum absolute atomic E-state index is 0. The number of piperazine rings is 1.